The Bertz CT molecular complexity index is 1060. The monoisotopic (exact) mass is 570 g/mol. The van der Waals surface area contributed by atoms with Crippen LogP contribution in [-0.4, -0.2) is 0 Å². The van der Waals surface area contributed by atoms with E-state index in [4.69, 9.17) is 0 Å². The molecule has 144 valence electrons. The van der Waals surface area contributed by atoms with Crippen LogP contribution >= 0.6 is 8.58 Å². The second-order valence-corrected chi connectivity index (χ2v) is 14.0. The van der Waals surface area contributed by atoms with E-state index in [9.17, 15) is 0 Å². The molecule has 0 nitrogen and oxygen atoms in total. The number of hydrogen-bond donors (Lipinski definition) is 0. The van der Waals surface area contributed by atoms with Gasteiger partial charge in [0, 0.05) is 0 Å². The zero-order valence-corrected chi connectivity index (χ0v) is 20.7. The van der Waals surface area contributed by atoms with Gasteiger partial charge in [0.05, 0.1) is 0 Å². The quantitative estimate of drug-likeness (QED) is 0.315. The molecule has 0 spiro atoms. The molecule has 0 fully saturated rings. The summed E-state index contributed by atoms with van der Waals surface area (Å²) in [5.41, 5.74) is 7.79. The Kier molecular flexibility index (Phi) is 7.14. The second kappa shape index (κ2) is 9.41. The smallest absolute Gasteiger partial charge is 1.00 e. The van der Waals surface area contributed by atoms with Crippen molar-refractivity contribution in [2.75, 3.05) is 0 Å². The topological polar surface area (TPSA) is 0 Å². The Morgan fingerprint density at radius 3 is 2.21 bits per heavy atom. The molecule has 0 radical (unpaired) electrons. The van der Waals surface area contributed by atoms with Gasteiger partial charge >= 0.3 is 175 Å². The van der Waals surface area contributed by atoms with E-state index in [0.29, 0.717) is 7.35 Å². The summed E-state index contributed by atoms with van der Waals surface area (Å²) in [6.07, 6.45) is 4.83. The maximum Gasteiger partial charge on any atom is -1.00 e. The Labute approximate surface area is 184 Å². The molecule has 3 atom stereocenters. The average molecular weight is 569 g/mol. The van der Waals surface area contributed by atoms with Gasteiger partial charge in [-0.1, -0.05) is 0 Å². The molecule has 2 aliphatic carbocycles. The number of allylic oxidation sites excluding steroid dienone is 2. The molecule has 0 saturated carbocycles. The van der Waals surface area contributed by atoms with E-state index in [1.165, 1.54) is 16.4 Å². The molecular formula is C25H21F2HfP. The number of fused-ring (bicyclic) bond motifs is 2. The van der Waals surface area contributed by atoms with Crippen LogP contribution in [-0.2, 0) is 22.9 Å². The Morgan fingerprint density at radius 1 is 0.759 bits per heavy atom. The van der Waals surface area contributed by atoms with Gasteiger partial charge in [0.2, 0.25) is 0 Å². The van der Waals surface area contributed by atoms with Gasteiger partial charge in [0.1, 0.15) is 0 Å². The molecule has 29 heavy (non-hydrogen) atoms. The van der Waals surface area contributed by atoms with Crippen LogP contribution in [0.5, 0.6) is 0 Å². The van der Waals surface area contributed by atoms with Crippen LogP contribution in [0, 0.1) is 0 Å². The van der Waals surface area contributed by atoms with Gasteiger partial charge in [-0.2, -0.15) is 0 Å². The van der Waals surface area contributed by atoms with E-state index < -0.39 is 22.9 Å². The molecular weight excluding hydrogens is 548 g/mol. The number of halogens is 2. The zero-order valence-electron chi connectivity index (χ0n) is 16.1. The standard InChI is InChI=1S/C16H14P.C9H7.2FH.Hf/c1-12-11-13-7-5-6-10-15(13)16(12)17-14-8-3-2-4-9-14;1-2-5-9-7-3-6-8(9)4-1;;;/h2-11,17H,1H3;1-7H;2*1H;/q;;;;+2/p-2. The van der Waals surface area contributed by atoms with Gasteiger partial charge in [-0.25, -0.2) is 0 Å². The molecule has 0 N–H and O–H groups in total. The minimum atomic E-state index is -0.973. The molecule has 2 aliphatic rings. The van der Waals surface area contributed by atoms with Crippen LogP contribution in [0.25, 0.3) is 11.4 Å². The minimum Gasteiger partial charge on any atom is -1.00 e. The fourth-order valence-electron chi connectivity index (χ4n) is 4.19. The maximum atomic E-state index is 2.49. The molecule has 5 rings (SSSR count). The third-order valence-corrected chi connectivity index (χ3v) is 14.1. The Morgan fingerprint density at radius 2 is 1.41 bits per heavy atom. The first-order valence-electron chi connectivity index (χ1n) is 9.46. The first kappa shape index (κ1) is 22.0. The molecule has 0 amide bonds. The van der Waals surface area contributed by atoms with Gasteiger partial charge in [0.15, 0.2) is 0 Å². The molecule has 0 aromatic heterocycles. The normalized spacial score (nSPS) is 18.8. The molecule has 4 heteroatoms. The van der Waals surface area contributed by atoms with Crippen molar-refractivity contribution >= 4 is 25.3 Å². The van der Waals surface area contributed by atoms with Crippen LogP contribution in [0.4, 0.5) is 0 Å². The molecule has 3 aromatic rings. The van der Waals surface area contributed by atoms with Crippen molar-refractivity contribution in [3.63, 3.8) is 0 Å². The molecule has 3 aromatic carbocycles. The third-order valence-electron chi connectivity index (χ3n) is 5.56. The third kappa shape index (κ3) is 4.13. The summed E-state index contributed by atoms with van der Waals surface area (Å²) in [6, 6.07) is 29.1. The van der Waals surface area contributed by atoms with E-state index in [-0.39, 0.29) is 9.41 Å². The fraction of sp³-hybridized carbons (Fsp3) is 0.120. The SMILES string of the molecule is CC1=C(Pc2ccccc2)c2ccccc2[CH]1[Hf+2][CH]1C=Cc2ccccc21.[F-].[F-]. The van der Waals surface area contributed by atoms with Crippen LogP contribution in [0.1, 0.15) is 36.5 Å². The maximum absolute atomic E-state index is 2.49. The van der Waals surface area contributed by atoms with Gasteiger partial charge < -0.3 is 9.41 Å². The molecule has 0 bridgehead atoms. The van der Waals surface area contributed by atoms with Gasteiger partial charge in [-0.05, 0) is 0 Å². The first-order valence-corrected chi connectivity index (χ1v) is 14.6. The summed E-state index contributed by atoms with van der Waals surface area (Å²) in [7, 11) is 0.761. The predicted molar refractivity (Wildman–Crippen MR) is 114 cm³/mol. The van der Waals surface area contributed by atoms with Crippen LogP contribution in [0.3, 0.4) is 0 Å². The van der Waals surface area contributed by atoms with E-state index in [2.05, 4.69) is 97.9 Å². The summed E-state index contributed by atoms with van der Waals surface area (Å²) < 4.78 is 1.43. The van der Waals surface area contributed by atoms with E-state index in [1.807, 2.05) is 0 Å². The second-order valence-electron chi connectivity index (χ2n) is 7.20. The number of hydrogen-bond acceptors (Lipinski definition) is 0. The van der Waals surface area contributed by atoms with E-state index in [1.54, 1.807) is 22.0 Å². The van der Waals surface area contributed by atoms with Gasteiger partial charge in [-0.15, -0.1) is 0 Å². The zero-order chi connectivity index (χ0) is 18.2. The van der Waals surface area contributed by atoms with Crippen LogP contribution in [0.2, 0.25) is 0 Å². The first-order chi connectivity index (χ1) is 13.3. The van der Waals surface area contributed by atoms with E-state index in [0.717, 1.165) is 8.58 Å². The molecule has 0 aliphatic heterocycles. The summed E-state index contributed by atoms with van der Waals surface area (Å²) in [5.74, 6) is 0. The van der Waals surface area contributed by atoms with Crippen molar-refractivity contribution in [1.82, 2.24) is 0 Å². The Balaban J connectivity index is 0.00000120. The number of rotatable bonds is 4. The van der Waals surface area contributed by atoms with Gasteiger partial charge in [0.25, 0.3) is 0 Å². The van der Waals surface area contributed by atoms with Crippen molar-refractivity contribution in [2.24, 2.45) is 0 Å². The van der Waals surface area contributed by atoms with Crippen LogP contribution < -0.4 is 14.7 Å². The predicted octanol–water partition coefficient (Wildman–Crippen LogP) is 0.335. The van der Waals surface area contributed by atoms with Crippen LogP contribution in [0.15, 0.2) is 90.5 Å². The Hall–Kier alpha value is -1.70. The van der Waals surface area contributed by atoms with Crippen molar-refractivity contribution in [3.8, 4) is 0 Å². The fourth-order valence-corrected chi connectivity index (χ4v) is 12.6. The summed E-state index contributed by atoms with van der Waals surface area (Å²) >= 11 is -0.973. The summed E-state index contributed by atoms with van der Waals surface area (Å²) in [4.78, 5) is 0. The van der Waals surface area contributed by atoms with Crippen molar-refractivity contribution < 1.29 is 32.3 Å². The van der Waals surface area contributed by atoms with Crippen molar-refractivity contribution in [2.45, 2.75) is 14.3 Å². The summed E-state index contributed by atoms with van der Waals surface area (Å²) in [6.45, 7) is 2.41. The molecule has 0 heterocycles. The molecule has 3 unspecified atom stereocenters. The summed E-state index contributed by atoms with van der Waals surface area (Å²) in [5, 5.41) is 3.05. The van der Waals surface area contributed by atoms with Gasteiger partial charge in [-0.3, -0.25) is 0 Å². The van der Waals surface area contributed by atoms with Crippen molar-refractivity contribution in [1.29, 1.82) is 0 Å². The molecule has 0 saturated heterocycles. The average Bonchev–Trinajstić information content (AvgIpc) is 3.24. The van der Waals surface area contributed by atoms with E-state index >= 15 is 0 Å². The largest absolute Gasteiger partial charge is 1.00 e. The number of benzene rings is 3. The van der Waals surface area contributed by atoms with Crippen molar-refractivity contribution in [3.05, 3.63) is 113 Å². The minimum absolute atomic E-state index is 0.